The van der Waals surface area contributed by atoms with Crippen LogP contribution < -0.4 is 19.5 Å². The average Bonchev–Trinajstić information content (AvgIpc) is 2.93. The van der Waals surface area contributed by atoms with Gasteiger partial charge in [-0.3, -0.25) is 9.52 Å². The molecule has 1 unspecified atom stereocenters. The molecule has 1 fully saturated rings. The highest BCUT2D eigenvalue weighted by Gasteiger charge is 2.33. The third-order valence-electron chi connectivity index (χ3n) is 6.48. The minimum absolute atomic E-state index is 0.0125. The Morgan fingerprint density at radius 2 is 1.56 bits per heavy atom. The molecule has 12 heteroatoms. The second-order valence-corrected chi connectivity index (χ2v) is 12.8. The number of hydrogen-bond acceptors (Lipinski definition) is 7. The van der Waals surface area contributed by atoms with E-state index in [0.29, 0.717) is 42.3 Å². The van der Waals surface area contributed by atoms with Gasteiger partial charge in [-0.25, -0.2) is 16.8 Å². The topological polar surface area (TPSA) is 131 Å². The summed E-state index contributed by atoms with van der Waals surface area (Å²) in [5.74, 6) is 0.0615. The average molecular weight is 574 g/mol. The number of nitrogens with zero attached hydrogens (tertiary/aromatic N) is 1. The first-order valence-corrected chi connectivity index (χ1v) is 15.2. The molecule has 1 heterocycles. The minimum atomic E-state index is -3.91. The van der Waals surface area contributed by atoms with E-state index in [-0.39, 0.29) is 22.2 Å². The summed E-state index contributed by atoms with van der Waals surface area (Å²) >= 11 is 0. The molecule has 3 aromatic rings. The van der Waals surface area contributed by atoms with Gasteiger partial charge in [0.05, 0.1) is 35.6 Å². The third kappa shape index (κ3) is 6.52. The van der Waals surface area contributed by atoms with Crippen LogP contribution in [-0.4, -0.2) is 54.4 Å². The van der Waals surface area contributed by atoms with Gasteiger partial charge in [0.15, 0.2) is 0 Å². The summed E-state index contributed by atoms with van der Waals surface area (Å²) < 4.78 is 66.3. The number of benzene rings is 3. The summed E-state index contributed by atoms with van der Waals surface area (Å²) in [7, 11) is -4.71. The summed E-state index contributed by atoms with van der Waals surface area (Å²) in [4.78, 5) is 13.1. The Kier molecular flexibility index (Phi) is 8.48. The normalized spacial score (nSPS) is 16.3. The predicted molar refractivity (Wildman–Crippen MR) is 148 cm³/mol. The van der Waals surface area contributed by atoms with Gasteiger partial charge in [-0.15, -0.1) is 0 Å². The first-order valence-electron chi connectivity index (χ1n) is 12.3. The Labute approximate surface area is 229 Å². The maximum absolute atomic E-state index is 13.1. The molecule has 3 aromatic carbocycles. The van der Waals surface area contributed by atoms with E-state index in [2.05, 4.69) is 10.0 Å². The molecule has 1 saturated heterocycles. The molecule has 0 bridgehead atoms. The van der Waals surface area contributed by atoms with E-state index in [9.17, 15) is 21.6 Å². The third-order valence-corrected chi connectivity index (χ3v) is 9.74. The van der Waals surface area contributed by atoms with Gasteiger partial charge < -0.3 is 14.8 Å². The summed E-state index contributed by atoms with van der Waals surface area (Å²) in [6.45, 7) is 2.22. The first-order chi connectivity index (χ1) is 18.5. The van der Waals surface area contributed by atoms with E-state index in [1.165, 1.54) is 54.9 Å². The predicted octanol–water partition coefficient (Wildman–Crippen LogP) is 3.85. The lowest BCUT2D eigenvalue weighted by Crippen LogP contribution is -2.43. The Morgan fingerprint density at radius 3 is 2.21 bits per heavy atom. The van der Waals surface area contributed by atoms with Crippen LogP contribution in [0.25, 0.3) is 0 Å². The van der Waals surface area contributed by atoms with Crippen molar-refractivity contribution in [2.75, 3.05) is 37.3 Å². The molecule has 0 spiro atoms. The minimum Gasteiger partial charge on any atom is -0.497 e. The second kappa shape index (κ2) is 11.6. The summed E-state index contributed by atoms with van der Waals surface area (Å²) in [6.07, 6.45) is 1.08. The molecule has 1 atom stereocenters. The number of amides is 1. The van der Waals surface area contributed by atoms with Gasteiger partial charge in [-0.1, -0.05) is 6.07 Å². The lowest BCUT2D eigenvalue weighted by molar-refractivity contribution is -0.120. The smallest absolute Gasteiger partial charge is 0.262 e. The van der Waals surface area contributed by atoms with Crippen LogP contribution in [0.5, 0.6) is 11.5 Å². The van der Waals surface area contributed by atoms with E-state index >= 15 is 0 Å². The summed E-state index contributed by atoms with van der Waals surface area (Å²) in [6, 6.07) is 17.1. The lowest BCUT2D eigenvalue weighted by atomic mass is 9.99. The Morgan fingerprint density at radius 1 is 0.897 bits per heavy atom. The number of piperidine rings is 1. The Hall–Kier alpha value is -3.61. The number of nitrogens with one attached hydrogen (secondary N) is 2. The molecule has 208 valence electrons. The SMILES string of the molecule is COc1ccc(S(=O)(=O)N2CCCC(C(=O)Nc3ccc(S(=O)(=O)Nc4cc(C)ccc4OC)cc3)C2)cc1. The number of carbonyl (C=O) groups excluding carboxylic acids is 1. The zero-order valence-corrected chi connectivity index (χ0v) is 23.5. The first kappa shape index (κ1) is 28.4. The highest BCUT2D eigenvalue weighted by atomic mass is 32.2. The molecule has 1 aliphatic heterocycles. The molecule has 0 aliphatic carbocycles. The van der Waals surface area contributed by atoms with Gasteiger partial charge in [-0.2, -0.15) is 4.31 Å². The van der Waals surface area contributed by atoms with Crippen molar-refractivity contribution >= 4 is 37.3 Å². The number of hydrogen-bond donors (Lipinski definition) is 2. The Balaban J connectivity index is 1.42. The van der Waals surface area contributed by atoms with Crippen LogP contribution in [-0.2, 0) is 24.8 Å². The molecular formula is C27H31N3O7S2. The van der Waals surface area contributed by atoms with E-state index in [0.717, 1.165) is 5.56 Å². The van der Waals surface area contributed by atoms with Gasteiger partial charge in [0.25, 0.3) is 10.0 Å². The van der Waals surface area contributed by atoms with Crippen molar-refractivity contribution in [2.24, 2.45) is 5.92 Å². The quantitative estimate of drug-likeness (QED) is 0.398. The van der Waals surface area contributed by atoms with Crippen molar-refractivity contribution < 1.29 is 31.1 Å². The Bertz CT molecular complexity index is 1540. The van der Waals surface area contributed by atoms with Gasteiger partial charge in [0.1, 0.15) is 11.5 Å². The molecule has 0 aromatic heterocycles. The molecule has 0 radical (unpaired) electrons. The zero-order valence-electron chi connectivity index (χ0n) is 21.9. The van der Waals surface area contributed by atoms with Crippen molar-refractivity contribution in [1.82, 2.24) is 4.31 Å². The van der Waals surface area contributed by atoms with Crippen molar-refractivity contribution in [3.8, 4) is 11.5 Å². The van der Waals surface area contributed by atoms with Crippen molar-refractivity contribution in [3.05, 3.63) is 72.3 Å². The maximum atomic E-state index is 13.1. The summed E-state index contributed by atoms with van der Waals surface area (Å²) in [5, 5.41) is 2.78. The lowest BCUT2D eigenvalue weighted by Gasteiger charge is -2.31. The van der Waals surface area contributed by atoms with Crippen LogP contribution in [0, 0.1) is 12.8 Å². The second-order valence-electron chi connectivity index (χ2n) is 9.20. The van der Waals surface area contributed by atoms with Gasteiger partial charge in [-0.05, 0) is 86.0 Å². The highest BCUT2D eigenvalue weighted by Crippen LogP contribution is 2.29. The number of ether oxygens (including phenoxy) is 2. The number of sulfonamides is 2. The van der Waals surface area contributed by atoms with Crippen LogP contribution in [0.3, 0.4) is 0 Å². The fraction of sp³-hybridized carbons (Fsp3) is 0.296. The van der Waals surface area contributed by atoms with Gasteiger partial charge in [0.2, 0.25) is 15.9 Å². The van der Waals surface area contributed by atoms with Gasteiger partial charge in [0, 0.05) is 18.8 Å². The van der Waals surface area contributed by atoms with Crippen LogP contribution in [0.15, 0.2) is 76.5 Å². The number of methoxy groups -OCH3 is 2. The highest BCUT2D eigenvalue weighted by molar-refractivity contribution is 7.92. The van der Waals surface area contributed by atoms with Gasteiger partial charge >= 0.3 is 0 Å². The summed E-state index contributed by atoms with van der Waals surface area (Å²) in [5.41, 5.74) is 1.59. The maximum Gasteiger partial charge on any atom is 0.262 e. The van der Waals surface area contributed by atoms with Crippen molar-refractivity contribution in [2.45, 2.75) is 29.6 Å². The van der Waals surface area contributed by atoms with Crippen LogP contribution >= 0.6 is 0 Å². The van der Waals surface area contributed by atoms with Crippen LogP contribution in [0.2, 0.25) is 0 Å². The molecule has 1 amide bonds. The molecule has 0 saturated carbocycles. The van der Waals surface area contributed by atoms with E-state index in [1.54, 1.807) is 24.3 Å². The standard InChI is InChI=1S/C27H31N3O7S2/c1-19-6-15-26(37-3)25(17-19)29-38(32,33)23-11-7-21(8-12-23)28-27(31)20-5-4-16-30(18-20)39(34,35)24-13-9-22(36-2)10-14-24/h6-15,17,20,29H,4-5,16,18H2,1-3H3,(H,28,31). The van der Waals surface area contributed by atoms with Crippen molar-refractivity contribution in [3.63, 3.8) is 0 Å². The molecule has 39 heavy (non-hydrogen) atoms. The number of carbonyl (C=O) groups is 1. The van der Waals surface area contributed by atoms with Crippen LogP contribution in [0.4, 0.5) is 11.4 Å². The fourth-order valence-corrected chi connectivity index (χ4v) is 6.92. The van der Waals surface area contributed by atoms with Crippen molar-refractivity contribution in [1.29, 1.82) is 0 Å². The fourth-order valence-electron chi connectivity index (χ4n) is 4.34. The number of anilines is 2. The molecular weight excluding hydrogens is 542 g/mol. The molecule has 10 nitrogen and oxygen atoms in total. The zero-order chi connectivity index (χ0) is 28.2. The largest absolute Gasteiger partial charge is 0.497 e. The van der Waals surface area contributed by atoms with E-state index < -0.39 is 26.0 Å². The molecule has 1 aliphatic rings. The van der Waals surface area contributed by atoms with E-state index in [1.807, 2.05) is 13.0 Å². The molecule has 4 rings (SSSR count). The van der Waals surface area contributed by atoms with E-state index in [4.69, 9.17) is 9.47 Å². The number of aryl methyl sites for hydroxylation is 1. The van der Waals surface area contributed by atoms with Crippen LogP contribution in [0.1, 0.15) is 18.4 Å². The monoisotopic (exact) mass is 573 g/mol. The number of rotatable bonds is 9. The molecule has 2 N–H and O–H groups in total.